The van der Waals surface area contributed by atoms with Gasteiger partial charge in [-0.3, -0.25) is 10.1 Å². The van der Waals surface area contributed by atoms with E-state index in [4.69, 9.17) is 4.74 Å². The number of hydrogen-bond acceptors (Lipinski definition) is 5. The number of likely N-dealkylation sites (tertiary alicyclic amines) is 1. The molecule has 3 unspecified atom stereocenters. The van der Waals surface area contributed by atoms with E-state index < -0.39 is 12.5 Å². The largest absolute Gasteiger partial charge is 0.356 e. The molecule has 1 saturated heterocycles. The molecule has 2 heterocycles. The van der Waals surface area contributed by atoms with E-state index in [9.17, 15) is 9.90 Å². The molecule has 2 bridgehead atoms. The number of aliphatic hydroxyl groups is 1. The second-order valence-corrected chi connectivity index (χ2v) is 8.17. The highest BCUT2D eigenvalue weighted by molar-refractivity contribution is 14.1. The maximum atomic E-state index is 13.3. The van der Waals surface area contributed by atoms with Crippen molar-refractivity contribution in [3.05, 3.63) is 15.7 Å². The Morgan fingerprint density at radius 2 is 2.29 bits per heavy atom. The van der Waals surface area contributed by atoms with Crippen LogP contribution in [0.2, 0.25) is 0 Å². The van der Waals surface area contributed by atoms with Crippen LogP contribution >= 0.6 is 22.6 Å². The van der Waals surface area contributed by atoms with Gasteiger partial charge in [0, 0.05) is 13.2 Å². The molecule has 24 heavy (non-hydrogen) atoms. The highest BCUT2D eigenvalue weighted by atomic mass is 127. The lowest BCUT2D eigenvalue weighted by Crippen LogP contribution is -2.55. The second-order valence-electron chi connectivity index (χ2n) is 7.01. The van der Waals surface area contributed by atoms with Crippen molar-refractivity contribution >= 4 is 28.5 Å². The summed E-state index contributed by atoms with van der Waals surface area (Å²) in [6.45, 7) is 3.94. The van der Waals surface area contributed by atoms with E-state index in [1.807, 2.05) is 18.7 Å². The summed E-state index contributed by atoms with van der Waals surface area (Å²) < 4.78 is 5.85. The van der Waals surface area contributed by atoms with Crippen LogP contribution in [-0.4, -0.2) is 51.5 Å². The third-order valence-corrected chi connectivity index (χ3v) is 5.71. The van der Waals surface area contributed by atoms with Crippen molar-refractivity contribution in [1.29, 1.82) is 0 Å². The van der Waals surface area contributed by atoms with Crippen LogP contribution in [0.5, 0.6) is 0 Å². The molecule has 2 aliphatic rings. The van der Waals surface area contributed by atoms with Crippen LogP contribution in [0.1, 0.15) is 45.0 Å². The first-order chi connectivity index (χ1) is 11.4. The van der Waals surface area contributed by atoms with Crippen LogP contribution in [0.4, 0.5) is 0 Å². The van der Waals surface area contributed by atoms with Crippen LogP contribution in [-0.2, 0) is 9.53 Å². The smallest absolute Gasteiger partial charge is 0.241 e. The van der Waals surface area contributed by atoms with Gasteiger partial charge in [-0.2, -0.15) is 0 Å². The predicted molar refractivity (Wildman–Crippen MR) is 96.8 cm³/mol. The number of halogens is 1. The molecular formula is C16H25IN4O3. The molecular weight excluding hydrogens is 423 g/mol. The van der Waals surface area contributed by atoms with Crippen molar-refractivity contribution in [2.45, 2.75) is 57.6 Å². The first-order valence-corrected chi connectivity index (χ1v) is 9.49. The molecule has 1 aromatic heterocycles. The zero-order chi connectivity index (χ0) is 17.4. The number of imidazole rings is 1. The summed E-state index contributed by atoms with van der Waals surface area (Å²) in [6, 6.07) is -0.226. The van der Waals surface area contributed by atoms with Crippen LogP contribution < -0.4 is 5.32 Å². The highest BCUT2D eigenvalue weighted by Gasteiger charge is 2.51. The molecule has 1 amide bonds. The molecule has 8 heteroatoms. The average molecular weight is 448 g/mol. The Kier molecular flexibility index (Phi) is 5.48. The number of nitrogens with one attached hydrogen (secondary N) is 2. The molecule has 2 fully saturated rings. The van der Waals surface area contributed by atoms with Gasteiger partial charge >= 0.3 is 0 Å². The van der Waals surface area contributed by atoms with Gasteiger partial charge in [0.2, 0.25) is 12.3 Å². The number of aliphatic hydroxyl groups excluding tert-OH is 1. The Bertz CT molecular complexity index is 594. The number of H-pyrrole nitrogens is 1. The molecule has 0 spiro atoms. The van der Waals surface area contributed by atoms with Crippen molar-refractivity contribution in [2.24, 2.45) is 11.8 Å². The van der Waals surface area contributed by atoms with Crippen molar-refractivity contribution in [3.63, 3.8) is 0 Å². The normalized spacial score (nSPS) is 28.6. The zero-order valence-electron chi connectivity index (χ0n) is 14.2. The Labute approximate surface area is 155 Å². The third kappa shape index (κ3) is 3.33. The van der Waals surface area contributed by atoms with Crippen LogP contribution in [0.25, 0.3) is 0 Å². The number of aromatic amines is 1. The van der Waals surface area contributed by atoms with Gasteiger partial charge in [-0.1, -0.05) is 13.8 Å². The van der Waals surface area contributed by atoms with Gasteiger partial charge in [0.05, 0.1) is 22.0 Å². The van der Waals surface area contributed by atoms with Gasteiger partial charge in [0.15, 0.2) is 0 Å². The monoisotopic (exact) mass is 448 g/mol. The summed E-state index contributed by atoms with van der Waals surface area (Å²) in [6.07, 6.45) is 3.87. The molecule has 3 rings (SSSR count). The number of piperidine rings is 1. The SMILES string of the molecule is COC(O)N[C@H](C(=O)N1C2CCC(C2)[C@H]1c1ncc(I)[nH]1)C(C)C. The van der Waals surface area contributed by atoms with Crippen LogP contribution in [0, 0.1) is 15.5 Å². The molecule has 1 aliphatic carbocycles. The standard InChI is InChI=1S/C16H25IN4O3/c1-8(2)12(20-16(23)24-3)15(22)21-10-5-4-9(6-10)13(21)14-18-7-11(17)19-14/h7-10,12-13,16,20,23H,4-6H2,1-3H3,(H,18,19)/t9?,10?,12-,13-,16?/m0/s1. The van der Waals surface area contributed by atoms with E-state index in [2.05, 4.69) is 37.9 Å². The van der Waals surface area contributed by atoms with Gasteiger partial charge in [-0.25, -0.2) is 4.98 Å². The minimum atomic E-state index is -1.15. The quantitative estimate of drug-likeness (QED) is 0.455. The number of ether oxygens (including phenoxy) is 1. The van der Waals surface area contributed by atoms with Crippen molar-refractivity contribution in [3.8, 4) is 0 Å². The number of carbonyl (C=O) groups is 1. The molecule has 0 aromatic carbocycles. The summed E-state index contributed by atoms with van der Waals surface area (Å²) >= 11 is 2.20. The van der Waals surface area contributed by atoms with Crippen LogP contribution in [0.15, 0.2) is 6.20 Å². The second kappa shape index (κ2) is 7.27. The van der Waals surface area contributed by atoms with E-state index in [0.29, 0.717) is 5.92 Å². The molecule has 7 nitrogen and oxygen atoms in total. The molecule has 134 valence electrons. The van der Waals surface area contributed by atoms with E-state index in [0.717, 1.165) is 28.8 Å². The number of fused-ring (bicyclic) bond motifs is 2. The molecule has 3 N–H and O–H groups in total. The maximum absolute atomic E-state index is 13.3. The zero-order valence-corrected chi connectivity index (χ0v) is 16.4. The topological polar surface area (TPSA) is 90.5 Å². The maximum Gasteiger partial charge on any atom is 0.241 e. The summed E-state index contributed by atoms with van der Waals surface area (Å²) in [7, 11) is 1.41. The number of rotatable bonds is 6. The Morgan fingerprint density at radius 3 is 2.88 bits per heavy atom. The van der Waals surface area contributed by atoms with E-state index >= 15 is 0 Å². The fourth-order valence-electron chi connectivity index (χ4n) is 4.05. The van der Waals surface area contributed by atoms with Gasteiger partial charge in [0.25, 0.3) is 0 Å². The average Bonchev–Trinajstić information content (AvgIpc) is 3.26. The number of aromatic nitrogens is 2. The van der Waals surface area contributed by atoms with Gasteiger partial charge < -0.3 is 19.7 Å². The number of carbonyl (C=O) groups excluding carboxylic acids is 1. The van der Waals surface area contributed by atoms with E-state index in [-0.39, 0.29) is 23.9 Å². The summed E-state index contributed by atoms with van der Waals surface area (Å²) in [5, 5.41) is 12.7. The molecule has 5 atom stereocenters. The molecule has 0 radical (unpaired) electrons. The first kappa shape index (κ1) is 18.1. The lowest BCUT2D eigenvalue weighted by molar-refractivity contribution is -0.148. The summed E-state index contributed by atoms with van der Waals surface area (Å²) in [5.74, 6) is 1.39. The number of hydrogen-bond donors (Lipinski definition) is 3. The molecule has 1 saturated carbocycles. The number of amides is 1. The van der Waals surface area contributed by atoms with E-state index in [1.54, 1.807) is 6.20 Å². The highest BCUT2D eigenvalue weighted by Crippen LogP contribution is 2.49. The Balaban J connectivity index is 1.85. The van der Waals surface area contributed by atoms with Crippen molar-refractivity contribution in [1.82, 2.24) is 20.2 Å². The summed E-state index contributed by atoms with van der Waals surface area (Å²) in [5.41, 5.74) is 0. The van der Waals surface area contributed by atoms with Gasteiger partial charge in [-0.05, 0) is 53.7 Å². The van der Waals surface area contributed by atoms with Crippen molar-refractivity contribution < 1.29 is 14.6 Å². The molecule has 1 aromatic rings. The minimum absolute atomic E-state index is 0.00232. The third-order valence-electron chi connectivity index (χ3n) is 5.16. The number of nitrogens with zero attached hydrogens (tertiary/aromatic N) is 2. The minimum Gasteiger partial charge on any atom is -0.356 e. The fourth-order valence-corrected chi connectivity index (χ4v) is 4.47. The van der Waals surface area contributed by atoms with Crippen molar-refractivity contribution in [2.75, 3.05) is 7.11 Å². The first-order valence-electron chi connectivity index (χ1n) is 8.41. The Morgan fingerprint density at radius 1 is 1.54 bits per heavy atom. The lowest BCUT2D eigenvalue weighted by atomic mass is 9.95. The van der Waals surface area contributed by atoms with Gasteiger partial charge in [0.1, 0.15) is 5.82 Å². The summed E-state index contributed by atoms with van der Waals surface area (Å²) in [4.78, 5) is 23.0. The van der Waals surface area contributed by atoms with Gasteiger partial charge in [-0.15, -0.1) is 0 Å². The fraction of sp³-hybridized carbons (Fsp3) is 0.750. The van der Waals surface area contributed by atoms with Crippen LogP contribution in [0.3, 0.4) is 0 Å². The predicted octanol–water partition coefficient (Wildman–Crippen LogP) is 1.60. The lowest BCUT2D eigenvalue weighted by Gasteiger charge is -2.38. The number of methoxy groups -OCH3 is 1. The molecule has 1 aliphatic heterocycles. The Hall–Kier alpha value is -0.710. The van der Waals surface area contributed by atoms with E-state index in [1.165, 1.54) is 7.11 Å².